The highest BCUT2D eigenvalue weighted by Crippen LogP contribution is 2.28. The molecule has 1 saturated carbocycles. The first-order chi connectivity index (χ1) is 6.01. The molecule has 13 heavy (non-hydrogen) atoms. The Hall–Kier alpha value is -0.940. The summed E-state index contributed by atoms with van der Waals surface area (Å²) in [7, 11) is 0. The minimum atomic E-state index is -4.27. The van der Waals surface area contributed by atoms with E-state index in [-0.39, 0.29) is 6.04 Å². The molecule has 0 amide bonds. The summed E-state index contributed by atoms with van der Waals surface area (Å²) in [5, 5.41) is 3.34. The molecule has 1 aliphatic carbocycles. The van der Waals surface area contributed by atoms with Crippen molar-refractivity contribution in [1.29, 1.82) is 0 Å². The van der Waals surface area contributed by atoms with E-state index in [9.17, 15) is 13.2 Å². The van der Waals surface area contributed by atoms with Gasteiger partial charge in [-0.2, -0.15) is 13.2 Å². The van der Waals surface area contributed by atoms with Crippen molar-refractivity contribution < 1.29 is 17.9 Å². The maximum absolute atomic E-state index is 11.6. The predicted octanol–water partition coefficient (Wildman–Crippen LogP) is 2.41. The van der Waals surface area contributed by atoms with Crippen LogP contribution in [0.4, 0.5) is 13.2 Å². The van der Waals surface area contributed by atoms with Gasteiger partial charge in [-0.25, -0.2) is 0 Å². The number of hydrogen-bond acceptors (Lipinski definition) is 2. The number of rotatable bonds is 3. The van der Waals surface area contributed by atoms with Gasteiger partial charge in [0.05, 0.1) is 6.10 Å². The summed E-state index contributed by atoms with van der Waals surface area (Å²) in [4.78, 5) is 2.55. The van der Waals surface area contributed by atoms with Gasteiger partial charge in [0.2, 0.25) is 0 Å². The molecule has 0 aliphatic heterocycles. The van der Waals surface area contributed by atoms with E-state index in [0.29, 0.717) is 12.8 Å². The molecule has 0 aromatic heterocycles. The molecule has 0 saturated heterocycles. The Bertz CT molecular complexity index is 218. The van der Waals surface area contributed by atoms with Crippen molar-refractivity contribution in [3.05, 3.63) is 10.4 Å². The molecular weight excluding hydrogens is 187 g/mol. The highest BCUT2D eigenvalue weighted by Gasteiger charge is 2.34. The van der Waals surface area contributed by atoms with Crippen LogP contribution in [-0.4, -0.2) is 24.9 Å². The molecule has 7 heteroatoms. The molecule has 0 aromatic rings. The summed E-state index contributed by atoms with van der Waals surface area (Å²) in [5.74, 6) is 0. The summed E-state index contributed by atoms with van der Waals surface area (Å²) in [6.07, 6.45) is -3.90. The van der Waals surface area contributed by atoms with Crippen LogP contribution in [0, 0.1) is 0 Å². The Morgan fingerprint density at radius 2 is 2.08 bits per heavy atom. The second-order valence-electron chi connectivity index (χ2n) is 2.88. The van der Waals surface area contributed by atoms with E-state index in [1.54, 1.807) is 0 Å². The molecule has 0 N–H and O–H groups in total. The fourth-order valence-electron chi connectivity index (χ4n) is 1.05. The van der Waals surface area contributed by atoms with Crippen molar-refractivity contribution in [3.63, 3.8) is 0 Å². The summed E-state index contributed by atoms with van der Waals surface area (Å²) < 4.78 is 39.4. The molecular formula is C6H8F3N3O. The molecule has 1 aliphatic rings. The van der Waals surface area contributed by atoms with Gasteiger partial charge in [-0.1, -0.05) is 5.11 Å². The molecule has 4 nitrogen and oxygen atoms in total. The minimum Gasteiger partial charge on any atom is -0.369 e. The van der Waals surface area contributed by atoms with E-state index < -0.39 is 18.9 Å². The average molecular weight is 195 g/mol. The summed E-state index contributed by atoms with van der Waals surface area (Å²) in [5.41, 5.74) is 7.98. The Balaban J connectivity index is 2.12. The third kappa shape index (κ3) is 3.52. The normalized spacial score (nSPS) is 27.6. The molecule has 0 spiro atoms. The average Bonchev–Trinajstić information content (AvgIpc) is 1.91. The highest BCUT2D eigenvalue weighted by atomic mass is 19.4. The lowest BCUT2D eigenvalue weighted by molar-refractivity contribution is -0.193. The largest absolute Gasteiger partial charge is 0.411 e. The van der Waals surface area contributed by atoms with Crippen LogP contribution in [0.1, 0.15) is 12.8 Å². The smallest absolute Gasteiger partial charge is 0.369 e. The van der Waals surface area contributed by atoms with Crippen molar-refractivity contribution in [2.45, 2.75) is 31.2 Å². The summed E-state index contributed by atoms with van der Waals surface area (Å²) >= 11 is 0. The van der Waals surface area contributed by atoms with Gasteiger partial charge in [0.25, 0.3) is 0 Å². The van der Waals surface area contributed by atoms with Crippen molar-refractivity contribution >= 4 is 0 Å². The second kappa shape index (κ2) is 3.85. The van der Waals surface area contributed by atoms with E-state index in [2.05, 4.69) is 14.8 Å². The standard InChI is InChI=1S/C6H8F3N3O/c7-6(8,9)3-13-5-1-4(2-5)11-12-10/h4-5H,1-3H2. The van der Waals surface area contributed by atoms with Crippen LogP contribution in [0.25, 0.3) is 10.4 Å². The van der Waals surface area contributed by atoms with Crippen LogP contribution in [0.15, 0.2) is 5.11 Å². The van der Waals surface area contributed by atoms with E-state index in [1.165, 1.54) is 0 Å². The van der Waals surface area contributed by atoms with E-state index in [4.69, 9.17) is 5.53 Å². The van der Waals surface area contributed by atoms with Crippen LogP contribution in [0.5, 0.6) is 0 Å². The number of halogens is 3. The minimum absolute atomic E-state index is 0.191. The van der Waals surface area contributed by atoms with Crippen LogP contribution in [-0.2, 0) is 4.74 Å². The third-order valence-corrected chi connectivity index (χ3v) is 1.77. The molecule has 0 unspecified atom stereocenters. The first-order valence-electron chi connectivity index (χ1n) is 3.74. The Morgan fingerprint density at radius 3 is 2.54 bits per heavy atom. The van der Waals surface area contributed by atoms with Crippen LogP contribution in [0.2, 0.25) is 0 Å². The predicted molar refractivity (Wildman–Crippen MR) is 38.0 cm³/mol. The topological polar surface area (TPSA) is 58.0 Å². The number of alkyl halides is 3. The summed E-state index contributed by atoms with van der Waals surface area (Å²) in [6.45, 7) is -1.22. The number of nitrogens with zero attached hydrogens (tertiary/aromatic N) is 3. The number of ether oxygens (including phenoxy) is 1. The Morgan fingerprint density at radius 1 is 1.46 bits per heavy atom. The van der Waals surface area contributed by atoms with Gasteiger partial charge in [0, 0.05) is 11.0 Å². The third-order valence-electron chi connectivity index (χ3n) is 1.77. The quantitative estimate of drug-likeness (QED) is 0.387. The lowest BCUT2D eigenvalue weighted by Gasteiger charge is -2.31. The molecule has 74 valence electrons. The fraction of sp³-hybridized carbons (Fsp3) is 1.00. The SMILES string of the molecule is [N-]=[N+]=NC1CC(OCC(F)(F)F)C1. The van der Waals surface area contributed by atoms with Crippen molar-refractivity contribution in [2.75, 3.05) is 6.61 Å². The molecule has 0 aromatic carbocycles. The first-order valence-corrected chi connectivity index (χ1v) is 3.74. The molecule has 1 rings (SSSR count). The van der Waals surface area contributed by atoms with Crippen molar-refractivity contribution in [3.8, 4) is 0 Å². The second-order valence-corrected chi connectivity index (χ2v) is 2.88. The maximum Gasteiger partial charge on any atom is 0.411 e. The fourth-order valence-corrected chi connectivity index (χ4v) is 1.05. The van der Waals surface area contributed by atoms with Gasteiger partial charge in [0.1, 0.15) is 6.61 Å². The van der Waals surface area contributed by atoms with Gasteiger partial charge in [0.15, 0.2) is 0 Å². The summed E-state index contributed by atoms with van der Waals surface area (Å²) in [6, 6.07) is -0.191. The van der Waals surface area contributed by atoms with Crippen molar-refractivity contribution in [1.82, 2.24) is 0 Å². The maximum atomic E-state index is 11.6. The zero-order valence-corrected chi connectivity index (χ0v) is 6.66. The van der Waals surface area contributed by atoms with Crippen LogP contribution in [0.3, 0.4) is 0 Å². The lowest BCUT2D eigenvalue weighted by atomic mass is 9.90. The van der Waals surface area contributed by atoms with Gasteiger partial charge in [-0.3, -0.25) is 0 Å². The van der Waals surface area contributed by atoms with Crippen LogP contribution < -0.4 is 0 Å². The molecule has 0 radical (unpaired) electrons. The monoisotopic (exact) mass is 195 g/mol. The van der Waals surface area contributed by atoms with E-state index in [0.717, 1.165) is 0 Å². The van der Waals surface area contributed by atoms with E-state index in [1.807, 2.05) is 0 Å². The lowest BCUT2D eigenvalue weighted by Crippen LogP contribution is -2.36. The van der Waals surface area contributed by atoms with Gasteiger partial charge < -0.3 is 4.74 Å². The Labute approximate surface area is 72.3 Å². The number of hydrogen-bond donors (Lipinski definition) is 0. The van der Waals surface area contributed by atoms with E-state index >= 15 is 0 Å². The van der Waals surface area contributed by atoms with Gasteiger partial charge >= 0.3 is 6.18 Å². The zero-order chi connectivity index (χ0) is 9.90. The van der Waals surface area contributed by atoms with Crippen LogP contribution >= 0.6 is 0 Å². The van der Waals surface area contributed by atoms with Gasteiger partial charge in [-0.05, 0) is 18.4 Å². The number of azide groups is 1. The first kappa shape index (κ1) is 10.1. The highest BCUT2D eigenvalue weighted by molar-refractivity contribution is 4.86. The van der Waals surface area contributed by atoms with Gasteiger partial charge in [-0.15, -0.1) is 0 Å². The molecule has 1 fully saturated rings. The Kier molecular flexibility index (Phi) is 3.00. The van der Waals surface area contributed by atoms with Crippen molar-refractivity contribution in [2.24, 2.45) is 5.11 Å². The zero-order valence-electron chi connectivity index (χ0n) is 6.66. The molecule has 0 heterocycles. The molecule has 0 atom stereocenters. The molecule has 0 bridgehead atoms.